The van der Waals surface area contributed by atoms with Gasteiger partial charge in [0.2, 0.25) is 0 Å². The smallest absolute Gasteiger partial charge is 0.352 e. The van der Waals surface area contributed by atoms with Crippen LogP contribution in [0.25, 0.3) is 11.3 Å². The third-order valence-corrected chi connectivity index (χ3v) is 7.62. The molecule has 3 aromatic rings. The number of anilines is 1. The normalized spacial score (nSPS) is 19.1. The number of nitrogens with zero attached hydrogens (tertiary/aromatic N) is 4. The Hall–Kier alpha value is -3.09. The second-order valence-electron chi connectivity index (χ2n) is 10.3. The quantitative estimate of drug-likeness (QED) is 0.344. The lowest BCUT2D eigenvalue weighted by Gasteiger charge is -2.26. The van der Waals surface area contributed by atoms with Crippen LogP contribution in [-0.2, 0) is 13.2 Å². The molecule has 0 unspecified atom stereocenters. The van der Waals surface area contributed by atoms with E-state index in [0.29, 0.717) is 18.2 Å². The van der Waals surface area contributed by atoms with Crippen LogP contribution < -0.4 is 16.4 Å². The van der Waals surface area contributed by atoms with Gasteiger partial charge >= 0.3 is 6.18 Å². The van der Waals surface area contributed by atoms with E-state index in [9.17, 15) is 22.8 Å². The van der Waals surface area contributed by atoms with Gasteiger partial charge < -0.3 is 20.9 Å². The summed E-state index contributed by atoms with van der Waals surface area (Å²) in [7, 11) is 1.46. The number of benzene rings is 1. The standard InChI is InChI=1S/C26H29ClF3N7O2.ClH/c1-36-21(19-13-37(17-7-8-17)35-22(19)26(28,29)30)12-32-23(36)25(39)34-16-6-9-18(20(27)10-16)24(38)33-11-14-2-4-15(31)5-3-14;/h6,9-10,12-15,17H,2-5,7-8,11,31H2,1H3,(H,33,38)(H,34,39);1H/t14-,15-;. The lowest BCUT2D eigenvalue weighted by Crippen LogP contribution is -2.34. The molecule has 2 heterocycles. The molecular formula is C26H30Cl2F3N7O2. The molecule has 0 spiro atoms. The molecule has 40 heavy (non-hydrogen) atoms. The molecule has 5 rings (SSSR count). The Labute approximate surface area is 240 Å². The highest BCUT2D eigenvalue weighted by atomic mass is 35.5. The number of carbonyl (C=O) groups is 2. The van der Waals surface area contributed by atoms with Crippen LogP contribution in [0.1, 0.15) is 71.2 Å². The first kappa shape index (κ1) is 29.9. The van der Waals surface area contributed by atoms with E-state index in [-0.39, 0.29) is 58.1 Å². The average Bonchev–Trinajstić information content (AvgIpc) is 3.51. The second-order valence-corrected chi connectivity index (χ2v) is 10.7. The molecule has 0 atom stereocenters. The van der Waals surface area contributed by atoms with Crippen LogP contribution in [0.4, 0.5) is 18.9 Å². The molecular weight excluding hydrogens is 570 g/mol. The van der Waals surface area contributed by atoms with Crippen molar-refractivity contribution in [2.45, 2.75) is 56.8 Å². The Morgan fingerprint density at radius 2 is 1.82 bits per heavy atom. The first-order chi connectivity index (χ1) is 18.5. The summed E-state index contributed by atoms with van der Waals surface area (Å²) in [5, 5.41) is 9.46. The van der Waals surface area contributed by atoms with E-state index in [1.807, 2.05) is 0 Å². The minimum Gasteiger partial charge on any atom is -0.352 e. The number of halogens is 5. The highest BCUT2D eigenvalue weighted by Crippen LogP contribution is 2.41. The fourth-order valence-corrected chi connectivity index (χ4v) is 5.14. The summed E-state index contributed by atoms with van der Waals surface area (Å²) < 4.78 is 43.6. The summed E-state index contributed by atoms with van der Waals surface area (Å²) >= 11 is 6.34. The number of rotatable bonds is 7. The van der Waals surface area contributed by atoms with E-state index < -0.39 is 17.8 Å². The van der Waals surface area contributed by atoms with Crippen LogP contribution >= 0.6 is 24.0 Å². The van der Waals surface area contributed by atoms with Crippen molar-refractivity contribution < 1.29 is 22.8 Å². The Morgan fingerprint density at radius 3 is 2.45 bits per heavy atom. The number of imidazole rings is 1. The molecule has 216 valence electrons. The van der Waals surface area contributed by atoms with Gasteiger partial charge in [0.15, 0.2) is 11.5 Å². The van der Waals surface area contributed by atoms with E-state index >= 15 is 0 Å². The van der Waals surface area contributed by atoms with Gasteiger partial charge in [-0.3, -0.25) is 14.3 Å². The van der Waals surface area contributed by atoms with Gasteiger partial charge in [0.25, 0.3) is 11.8 Å². The zero-order valence-electron chi connectivity index (χ0n) is 21.7. The molecule has 0 saturated heterocycles. The zero-order chi connectivity index (χ0) is 27.9. The zero-order valence-corrected chi connectivity index (χ0v) is 23.2. The van der Waals surface area contributed by atoms with Crippen LogP contribution in [0.3, 0.4) is 0 Å². The minimum absolute atomic E-state index is 0. The van der Waals surface area contributed by atoms with E-state index in [1.165, 1.54) is 46.9 Å². The monoisotopic (exact) mass is 599 g/mol. The minimum atomic E-state index is -4.66. The van der Waals surface area contributed by atoms with Crippen LogP contribution in [0, 0.1) is 5.92 Å². The first-order valence-corrected chi connectivity index (χ1v) is 13.2. The van der Waals surface area contributed by atoms with E-state index in [4.69, 9.17) is 17.3 Å². The Kier molecular flexibility index (Phi) is 8.81. The van der Waals surface area contributed by atoms with Crippen molar-refractivity contribution in [1.29, 1.82) is 0 Å². The van der Waals surface area contributed by atoms with Crippen LogP contribution in [0.5, 0.6) is 0 Å². The van der Waals surface area contributed by atoms with E-state index in [2.05, 4.69) is 20.7 Å². The van der Waals surface area contributed by atoms with Crippen molar-refractivity contribution in [2.24, 2.45) is 18.7 Å². The predicted octanol–water partition coefficient (Wildman–Crippen LogP) is 5.21. The maximum atomic E-state index is 13.7. The summed E-state index contributed by atoms with van der Waals surface area (Å²) in [6.45, 7) is 0.539. The van der Waals surface area contributed by atoms with Gasteiger partial charge in [-0.2, -0.15) is 18.3 Å². The molecule has 2 aliphatic carbocycles. The molecule has 0 bridgehead atoms. The molecule has 4 N–H and O–H groups in total. The highest BCUT2D eigenvalue weighted by Gasteiger charge is 2.40. The van der Waals surface area contributed by atoms with Gasteiger partial charge in [-0.05, 0) is 62.6 Å². The van der Waals surface area contributed by atoms with Gasteiger partial charge in [-0.1, -0.05) is 11.6 Å². The van der Waals surface area contributed by atoms with Gasteiger partial charge in [0.1, 0.15) is 0 Å². The Morgan fingerprint density at radius 1 is 1.12 bits per heavy atom. The summed E-state index contributed by atoms with van der Waals surface area (Å²) in [5.74, 6) is -0.671. The van der Waals surface area contributed by atoms with E-state index in [1.54, 1.807) is 0 Å². The molecule has 2 aliphatic rings. The van der Waals surface area contributed by atoms with Gasteiger partial charge in [-0.15, -0.1) is 12.4 Å². The van der Waals surface area contributed by atoms with E-state index in [0.717, 1.165) is 38.5 Å². The second kappa shape index (κ2) is 11.8. The summed E-state index contributed by atoms with van der Waals surface area (Å²) in [6.07, 6.45) is 3.29. The molecule has 2 aromatic heterocycles. The fraction of sp³-hybridized carbons (Fsp3) is 0.462. The van der Waals surface area contributed by atoms with Gasteiger partial charge in [-0.25, -0.2) is 4.98 Å². The lowest BCUT2D eigenvalue weighted by molar-refractivity contribution is -0.141. The molecule has 2 amide bonds. The van der Waals surface area contributed by atoms with Crippen molar-refractivity contribution in [3.8, 4) is 11.3 Å². The van der Waals surface area contributed by atoms with Crippen LogP contribution in [0.2, 0.25) is 5.02 Å². The molecule has 0 radical (unpaired) electrons. The molecule has 1 aromatic carbocycles. The largest absolute Gasteiger partial charge is 0.435 e. The highest BCUT2D eigenvalue weighted by molar-refractivity contribution is 6.34. The number of nitrogens with one attached hydrogen (secondary N) is 2. The number of aromatic nitrogens is 4. The maximum absolute atomic E-state index is 13.7. The van der Waals surface area contributed by atoms with Crippen molar-refractivity contribution >= 4 is 41.5 Å². The molecule has 0 aliphatic heterocycles. The SMILES string of the molecule is Cl.Cn1c(-c2cn(C3CC3)nc2C(F)(F)F)cnc1C(=O)Nc1ccc(C(=O)NC[C@H]2CC[C@H](N)CC2)c(Cl)c1. The number of alkyl halides is 3. The third kappa shape index (κ3) is 6.45. The number of hydrogen-bond donors (Lipinski definition) is 3. The molecule has 2 fully saturated rings. The fourth-order valence-electron chi connectivity index (χ4n) is 4.87. The van der Waals surface area contributed by atoms with Crippen molar-refractivity contribution in [1.82, 2.24) is 24.6 Å². The summed E-state index contributed by atoms with van der Waals surface area (Å²) in [4.78, 5) is 29.7. The maximum Gasteiger partial charge on any atom is 0.435 e. The average molecular weight is 600 g/mol. The topological polar surface area (TPSA) is 120 Å². The Balaban J connectivity index is 0.00000370. The summed E-state index contributed by atoms with van der Waals surface area (Å²) in [5.41, 5.74) is 5.48. The van der Waals surface area contributed by atoms with Gasteiger partial charge in [0, 0.05) is 31.5 Å². The van der Waals surface area contributed by atoms with Crippen molar-refractivity contribution in [3.63, 3.8) is 0 Å². The first-order valence-electron chi connectivity index (χ1n) is 12.8. The number of amides is 2. The number of hydrogen-bond acceptors (Lipinski definition) is 5. The molecule has 2 saturated carbocycles. The third-order valence-electron chi connectivity index (χ3n) is 7.30. The van der Waals surface area contributed by atoms with Crippen LogP contribution in [-0.4, -0.2) is 43.7 Å². The molecule has 14 heteroatoms. The van der Waals surface area contributed by atoms with Crippen molar-refractivity contribution in [2.75, 3.05) is 11.9 Å². The van der Waals surface area contributed by atoms with Crippen molar-refractivity contribution in [3.05, 3.63) is 52.7 Å². The van der Waals surface area contributed by atoms with Crippen LogP contribution in [0.15, 0.2) is 30.6 Å². The number of nitrogens with two attached hydrogens (primary N) is 1. The predicted molar refractivity (Wildman–Crippen MR) is 147 cm³/mol. The lowest BCUT2D eigenvalue weighted by atomic mass is 9.86. The molecule has 9 nitrogen and oxygen atoms in total. The Bertz CT molecular complexity index is 1390. The number of carbonyl (C=O) groups excluding carboxylic acids is 2. The summed E-state index contributed by atoms with van der Waals surface area (Å²) in [6, 6.07) is 4.67. The van der Waals surface area contributed by atoms with Gasteiger partial charge in [0.05, 0.1) is 34.1 Å².